The number of hydrogen-bond acceptors (Lipinski definition) is 17. The third-order valence-electron chi connectivity index (χ3n) is 22.7. The Bertz CT molecular complexity index is 5470. The molecule has 26 nitrogen and oxygen atoms in total. The van der Waals surface area contributed by atoms with Crippen LogP contribution in [0.2, 0.25) is 0 Å². The van der Waals surface area contributed by atoms with E-state index in [0.717, 1.165) is 83.5 Å². The fraction of sp³-hybridized carbons (Fsp3) is 0.269. The zero-order valence-corrected chi connectivity index (χ0v) is 70.2. The van der Waals surface area contributed by atoms with E-state index in [4.69, 9.17) is 53.0 Å². The fourth-order valence-electron chi connectivity index (χ4n) is 16.5. The van der Waals surface area contributed by atoms with Crippen LogP contribution in [-0.2, 0) is 67.0 Å². The number of carbonyl (C=O) groups excluding carboxylic acids is 9. The first-order chi connectivity index (χ1) is 61.7. The molecule has 5 atom stereocenters. The summed E-state index contributed by atoms with van der Waals surface area (Å²) in [4.78, 5) is 113. The monoisotopic (exact) mass is 1760 g/mol. The van der Waals surface area contributed by atoms with Crippen LogP contribution in [0.4, 0.5) is 14.4 Å². The number of amides is 9. The van der Waals surface area contributed by atoms with E-state index in [1.54, 1.807) is 0 Å². The normalized spacial score (nSPS) is 13.0. The molecule has 11 aromatic rings. The van der Waals surface area contributed by atoms with Gasteiger partial charge in [-0.2, -0.15) is 0 Å². The van der Waals surface area contributed by atoms with E-state index in [1.807, 2.05) is 224 Å². The summed E-state index contributed by atoms with van der Waals surface area (Å²) in [6, 6.07) is 88.0. The van der Waals surface area contributed by atoms with Gasteiger partial charge in [-0.3, -0.25) is 34.2 Å². The van der Waals surface area contributed by atoms with Crippen LogP contribution in [0, 0.1) is 5.41 Å². The number of hydrogen-bond donors (Lipinski definition) is 12. The van der Waals surface area contributed by atoms with Crippen molar-refractivity contribution in [2.24, 2.45) is 28.7 Å². The molecule has 0 aromatic heterocycles. The van der Waals surface area contributed by atoms with Gasteiger partial charge in [0.05, 0.1) is 0 Å². The van der Waals surface area contributed by atoms with Crippen LogP contribution in [-0.4, -0.2) is 136 Å². The summed E-state index contributed by atoms with van der Waals surface area (Å²) in [6.45, 7) is 1.19. The number of ether oxygens (including phenoxy) is 4. The summed E-state index contributed by atoms with van der Waals surface area (Å²) in [5, 5.41) is 33.3. The van der Waals surface area contributed by atoms with Crippen molar-refractivity contribution in [3.8, 4) is 44.5 Å². The van der Waals surface area contributed by atoms with E-state index in [2.05, 4.69) is 92.6 Å². The zero-order valence-electron chi connectivity index (χ0n) is 70.2. The van der Waals surface area contributed by atoms with Gasteiger partial charge in [-0.25, -0.2) is 14.4 Å². The molecule has 678 valence electrons. The summed E-state index contributed by atoms with van der Waals surface area (Å²) in [6.07, 6.45) is 0.931. The van der Waals surface area contributed by atoms with Crippen molar-refractivity contribution in [3.63, 3.8) is 0 Å². The van der Waals surface area contributed by atoms with Gasteiger partial charge in [0.25, 0.3) is 0 Å². The molecule has 0 heterocycles. The number of benzene rings is 11. The zero-order chi connectivity index (χ0) is 89.6. The van der Waals surface area contributed by atoms with Crippen LogP contribution in [0.3, 0.4) is 0 Å². The predicted molar refractivity (Wildman–Crippen MR) is 504 cm³/mol. The molecule has 26 heteroatoms. The van der Waals surface area contributed by atoms with Crippen molar-refractivity contribution in [3.05, 3.63) is 346 Å². The third kappa shape index (κ3) is 26.4. The molecule has 0 aliphatic heterocycles. The molecular weight excluding hydrogens is 1640 g/mol. The lowest BCUT2D eigenvalue weighted by atomic mass is 9.98. The predicted octanol–water partition coefficient (Wildman–Crippen LogP) is 13.2. The Morgan fingerprint density at radius 2 is 0.531 bits per heavy atom. The van der Waals surface area contributed by atoms with Gasteiger partial charge in [0.15, 0.2) is 0 Å². The highest BCUT2D eigenvalue weighted by Gasteiger charge is 2.35. The van der Waals surface area contributed by atoms with Crippen molar-refractivity contribution in [1.82, 2.24) is 31.9 Å². The van der Waals surface area contributed by atoms with Gasteiger partial charge in [-0.1, -0.05) is 307 Å². The average molecular weight is 1760 g/mol. The van der Waals surface area contributed by atoms with Gasteiger partial charge in [-0.15, -0.1) is 0 Å². The highest BCUT2D eigenvalue weighted by Crippen LogP contribution is 2.48. The second kappa shape index (κ2) is 49.4. The van der Waals surface area contributed by atoms with Gasteiger partial charge in [0.1, 0.15) is 62.7 Å². The molecule has 0 fully saturated rings. The largest absolute Gasteiger partial charge is 0.600 e. The molecule has 17 N–H and O–H groups in total. The summed E-state index contributed by atoms with van der Waals surface area (Å²) in [5.74, 6) is -3.72. The molecule has 130 heavy (non-hydrogen) atoms. The number of nitrogens with two attached hydrogens (primary N) is 5. The van der Waals surface area contributed by atoms with Gasteiger partial charge >= 0.3 is 18.3 Å². The van der Waals surface area contributed by atoms with Crippen LogP contribution >= 0.6 is 0 Å². The second-order valence-electron chi connectivity index (χ2n) is 31.1. The highest BCUT2D eigenvalue weighted by molar-refractivity contribution is 5.94. The van der Waals surface area contributed by atoms with Gasteiger partial charge in [-0.05, 0) is 157 Å². The number of alkyl carbamates (subject to hydrolysis) is 3. The lowest BCUT2D eigenvalue weighted by Gasteiger charge is -2.22. The van der Waals surface area contributed by atoms with Crippen molar-refractivity contribution < 1.29 is 67.2 Å². The molecular formula is C104H117N12O14-. The first-order valence-electron chi connectivity index (χ1n) is 42.4. The number of rotatable bonds is 34. The maximum atomic E-state index is 13.1. The minimum absolute atomic E-state index is 0. The summed E-state index contributed by atoms with van der Waals surface area (Å²) < 4.78 is 21.5. The van der Waals surface area contributed by atoms with Crippen LogP contribution in [0.25, 0.3) is 44.5 Å². The van der Waals surface area contributed by atoms with Crippen LogP contribution in [0.5, 0.6) is 0 Å². The molecule has 5 unspecified atom stereocenters. The number of fused-ring (bicyclic) bond motifs is 12. The van der Waals surface area contributed by atoms with E-state index in [0.29, 0.717) is 58.0 Å². The first-order valence-corrected chi connectivity index (χ1v) is 42.4. The number of nitrogens with one attached hydrogen (secondary N) is 7. The number of unbranched alkanes of at least 4 members (excludes halogenated alkanes) is 2. The van der Waals surface area contributed by atoms with E-state index < -0.39 is 90.0 Å². The van der Waals surface area contributed by atoms with E-state index in [1.165, 1.54) is 22.3 Å². The lowest BCUT2D eigenvalue weighted by molar-refractivity contribution is -0.252. The Balaban J connectivity index is 0.000000200. The standard InChI is InChI=1S/C32H37N5O5.C30H34N4O4.C24H22N2O3.C15H13NO2.3CH4/c33-17-9-8-16-27(31(40)37-28(30(34)39)18-21-10-2-1-3-11-21)36-29(38)19-35-32(41)42-20-26-24-14-6-4-12-22(24)23-13-5-7-15-25(23)26;31-17-9-8-16-26(29(36)33-27(28(32)35)18-20-10-2-1-3-11-20)34-30(37)38-19-25-23-14-6-4-12-21(23)22-13-5-7-15-24(22)25;25-23(27)22(14-16-8-2-1-3-9-16)26-24(28)29-15-21-19-12-6-4-10-17(19)18-11-5-7-13-20(18)21;16-15(17)18-9-14-12-7-3-1-5-10(12)11-6-2-4-8-13(11)14;;;/h1-7,10-15,26-28H,8-9,16-20,33H2,(H2,34,39)(H,35,41)(H,36,38)(H,37,40);1-7,10-15,25-27H,8-9,16-19,31H2,(H2,32,35)(H,33,36)(H,34,37);1-13,21-22H,14-15H2,(H2,25,27)(H,26,28);1-8,14H,9H2,(H2,16,17);3*1H4/p-1. The van der Waals surface area contributed by atoms with Crippen molar-refractivity contribution in [2.75, 3.05) is 46.1 Å². The lowest BCUT2D eigenvalue weighted by Crippen LogP contribution is -2.54. The van der Waals surface area contributed by atoms with Gasteiger partial charge in [0, 0.05) is 49.5 Å². The van der Waals surface area contributed by atoms with Crippen LogP contribution < -0.4 is 65.7 Å². The maximum Gasteiger partial charge on any atom is 0.407 e. The van der Waals surface area contributed by atoms with E-state index in [-0.39, 0.29) is 91.8 Å². The van der Waals surface area contributed by atoms with E-state index in [9.17, 15) is 48.3 Å². The van der Waals surface area contributed by atoms with Crippen molar-refractivity contribution >= 4 is 59.8 Å². The smallest absolute Gasteiger partial charge is 0.407 e. The summed E-state index contributed by atoms with van der Waals surface area (Å²) in [7, 11) is 0. The molecule has 0 saturated heterocycles. The highest BCUT2D eigenvalue weighted by atomic mass is 16.6. The molecule has 15 rings (SSSR count). The van der Waals surface area contributed by atoms with Crippen LogP contribution in [0.1, 0.15) is 146 Å². The summed E-state index contributed by atoms with van der Waals surface area (Å²) in [5.41, 5.74) is 48.6. The minimum Gasteiger partial charge on any atom is -0.600 e. The molecule has 4 aliphatic rings. The quantitative estimate of drug-likeness (QED) is 0.00771. The maximum absolute atomic E-state index is 13.1. The Hall–Kier alpha value is -14.8. The van der Waals surface area contributed by atoms with Crippen LogP contribution in [0.15, 0.2) is 285 Å². The average Bonchev–Trinajstić information content (AvgIpc) is 1.63. The van der Waals surface area contributed by atoms with Crippen molar-refractivity contribution in [2.45, 2.75) is 134 Å². The number of carbonyl (C=O) groups is 9. The molecule has 0 saturated carbocycles. The third-order valence-corrected chi connectivity index (χ3v) is 22.7. The molecule has 9 amide bonds. The number of primary amides is 3. The Kier molecular flexibility index (Phi) is 37.6. The molecule has 0 bridgehead atoms. The van der Waals surface area contributed by atoms with Gasteiger partial charge in [0.2, 0.25) is 35.4 Å². The molecule has 11 aromatic carbocycles. The SMILES string of the molecule is C.C.C.N=C([O-])OCC1c2ccccc2-c2ccccc21.NC(=O)C(Cc1ccccc1)NC(=O)OCC1c2ccccc2-c2ccccc21.NCCCCC(NC(=O)CNC(=O)OCC1c2ccccc2-c2ccccc21)C(=O)NC(Cc1ccccc1)C(N)=O.NCCCCC(NC(=O)OCC1c2ccccc2-c2ccccc21)C(=O)NC(Cc1ccccc1)C(N)=O. The Morgan fingerprint density at radius 1 is 0.300 bits per heavy atom. The van der Waals surface area contributed by atoms with Crippen molar-refractivity contribution in [1.29, 1.82) is 5.41 Å². The summed E-state index contributed by atoms with van der Waals surface area (Å²) >= 11 is 0. The fourth-order valence-corrected chi connectivity index (χ4v) is 16.5. The molecule has 0 radical (unpaired) electrons. The minimum atomic E-state index is -0.975. The molecule has 0 spiro atoms. The van der Waals surface area contributed by atoms with Gasteiger partial charge < -0.3 is 84.6 Å². The Morgan fingerprint density at radius 3 is 0.792 bits per heavy atom. The van der Waals surface area contributed by atoms with E-state index >= 15 is 0 Å². The Labute approximate surface area is 759 Å². The topological polar surface area (TPSA) is 440 Å². The molecule has 4 aliphatic carbocycles. The second-order valence-corrected chi connectivity index (χ2v) is 31.1. The first kappa shape index (κ1) is 99.0.